The summed E-state index contributed by atoms with van der Waals surface area (Å²) in [4.78, 5) is 27.4. The zero-order chi connectivity index (χ0) is 26.6. The molecule has 1 fully saturated rings. The maximum atomic E-state index is 15.3. The van der Waals surface area contributed by atoms with Gasteiger partial charge in [-0.2, -0.15) is 0 Å². The minimum Gasteiger partial charge on any atom is -0.490 e. The van der Waals surface area contributed by atoms with Gasteiger partial charge in [0.05, 0.1) is 19.4 Å². The maximum Gasteiger partial charge on any atom is 0.307 e. The SMILES string of the molecule is Cc1c(-c2c(C)c3c(c(C)c2CC(=O)O)CC(=O)N(C2CCC(C)(C)CC2)C3)cc(F)c2c1CCCO2. The van der Waals surface area contributed by atoms with Gasteiger partial charge in [-0.25, -0.2) is 4.39 Å². The van der Waals surface area contributed by atoms with Gasteiger partial charge in [0.1, 0.15) is 0 Å². The molecule has 1 saturated carbocycles. The number of nitrogens with zero attached hydrogens (tertiary/aromatic N) is 1. The normalized spacial score (nSPS) is 19.3. The quantitative estimate of drug-likeness (QED) is 0.533. The van der Waals surface area contributed by atoms with Crippen molar-refractivity contribution in [2.24, 2.45) is 5.41 Å². The third kappa shape index (κ3) is 4.53. The molecule has 0 bridgehead atoms. The van der Waals surface area contributed by atoms with Crippen LogP contribution in [0.25, 0.3) is 11.1 Å². The second kappa shape index (κ2) is 9.45. The number of carboxylic acid groups (broad SMARTS) is 1. The van der Waals surface area contributed by atoms with E-state index in [1.807, 2.05) is 20.8 Å². The van der Waals surface area contributed by atoms with E-state index < -0.39 is 11.8 Å². The number of aliphatic carboxylic acids is 1. The topological polar surface area (TPSA) is 66.8 Å². The fourth-order valence-electron chi connectivity index (χ4n) is 6.85. The number of carboxylic acids is 1. The lowest BCUT2D eigenvalue weighted by atomic mass is 9.74. The van der Waals surface area contributed by atoms with Crippen LogP contribution in [-0.2, 0) is 35.4 Å². The molecule has 0 unspecified atom stereocenters. The average Bonchev–Trinajstić information content (AvgIpc) is 2.85. The van der Waals surface area contributed by atoms with Crippen LogP contribution in [-0.4, -0.2) is 34.5 Å². The summed E-state index contributed by atoms with van der Waals surface area (Å²) in [6.45, 7) is 11.6. The Kier molecular flexibility index (Phi) is 6.57. The Morgan fingerprint density at radius 2 is 1.81 bits per heavy atom. The Balaban J connectivity index is 1.65. The molecule has 0 spiro atoms. The molecule has 6 heteroatoms. The molecular weight excluding hydrogens is 469 g/mol. The standard InChI is InChI=1S/C31H38FNO4/c1-17-21-7-6-12-37-30(21)26(32)13-23(17)29-19(3)25-16-33(20-8-10-31(4,5)11-9-20)27(34)14-22(25)18(2)24(29)15-28(35)36/h13,20H,6-12,14-16H2,1-5H3,(H,35,36). The first kappa shape index (κ1) is 25.7. The minimum absolute atomic E-state index is 0.127. The third-order valence-corrected chi connectivity index (χ3v) is 9.16. The van der Waals surface area contributed by atoms with Crippen LogP contribution in [0, 0.1) is 32.0 Å². The number of amides is 1. The summed E-state index contributed by atoms with van der Waals surface area (Å²) in [7, 11) is 0. The monoisotopic (exact) mass is 507 g/mol. The molecule has 37 heavy (non-hydrogen) atoms. The van der Waals surface area contributed by atoms with Crippen LogP contribution >= 0.6 is 0 Å². The summed E-state index contributed by atoms with van der Waals surface area (Å²) in [5, 5.41) is 9.81. The first-order chi connectivity index (χ1) is 17.5. The Morgan fingerprint density at radius 1 is 1.11 bits per heavy atom. The van der Waals surface area contributed by atoms with E-state index in [4.69, 9.17) is 4.74 Å². The molecule has 1 N–H and O–H groups in total. The van der Waals surface area contributed by atoms with Gasteiger partial charge < -0.3 is 14.7 Å². The second-order valence-corrected chi connectivity index (χ2v) is 12.0. The van der Waals surface area contributed by atoms with E-state index in [-0.39, 0.29) is 18.4 Å². The number of benzene rings is 2. The summed E-state index contributed by atoms with van der Waals surface area (Å²) in [6.07, 6.45) is 5.91. The summed E-state index contributed by atoms with van der Waals surface area (Å²) in [5.74, 6) is -0.872. The van der Waals surface area contributed by atoms with E-state index in [1.54, 1.807) is 0 Å². The lowest BCUT2D eigenvalue weighted by molar-refractivity contribution is -0.136. The molecule has 198 valence electrons. The molecule has 5 nitrogen and oxygen atoms in total. The van der Waals surface area contributed by atoms with Gasteiger partial charge in [0.2, 0.25) is 5.91 Å². The molecular formula is C31H38FNO4. The summed E-state index contributed by atoms with van der Waals surface area (Å²) < 4.78 is 20.9. The van der Waals surface area contributed by atoms with Crippen molar-refractivity contribution in [3.63, 3.8) is 0 Å². The van der Waals surface area contributed by atoms with Gasteiger partial charge in [0.25, 0.3) is 0 Å². The van der Waals surface area contributed by atoms with Crippen molar-refractivity contribution in [2.45, 2.75) is 98.6 Å². The van der Waals surface area contributed by atoms with E-state index in [1.165, 1.54) is 6.07 Å². The Hall–Kier alpha value is -2.89. The molecule has 0 atom stereocenters. The van der Waals surface area contributed by atoms with Crippen molar-refractivity contribution in [3.8, 4) is 16.9 Å². The fraction of sp³-hybridized carbons (Fsp3) is 0.548. The van der Waals surface area contributed by atoms with Gasteiger partial charge in [0.15, 0.2) is 11.6 Å². The highest BCUT2D eigenvalue weighted by Crippen LogP contribution is 2.44. The van der Waals surface area contributed by atoms with Crippen molar-refractivity contribution >= 4 is 11.9 Å². The summed E-state index contributed by atoms with van der Waals surface area (Å²) in [5.41, 5.74) is 8.23. The third-order valence-electron chi connectivity index (χ3n) is 9.16. The molecule has 1 amide bonds. The fourth-order valence-corrected chi connectivity index (χ4v) is 6.85. The molecule has 3 aliphatic rings. The van der Waals surface area contributed by atoms with Gasteiger partial charge in [-0.15, -0.1) is 0 Å². The molecule has 1 aliphatic carbocycles. The minimum atomic E-state index is -0.934. The van der Waals surface area contributed by atoms with Crippen molar-refractivity contribution in [3.05, 3.63) is 50.8 Å². The number of hydrogen-bond acceptors (Lipinski definition) is 3. The number of carbonyl (C=O) groups is 2. The van der Waals surface area contributed by atoms with Crippen molar-refractivity contribution in [1.82, 2.24) is 4.90 Å². The average molecular weight is 508 g/mol. The predicted octanol–water partition coefficient (Wildman–Crippen LogP) is 6.22. The van der Waals surface area contributed by atoms with Crippen LogP contribution in [0.1, 0.15) is 84.9 Å². The number of ether oxygens (including phenoxy) is 1. The lowest BCUT2D eigenvalue weighted by Crippen LogP contribution is -2.46. The van der Waals surface area contributed by atoms with Crippen LogP contribution in [0.5, 0.6) is 5.75 Å². The molecule has 0 aromatic heterocycles. The predicted molar refractivity (Wildman–Crippen MR) is 141 cm³/mol. The van der Waals surface area contributed by atoms with Gasteiger partial charge in [-0.1, -0.05) is 13.8 Å². The maximum absolute atomic E-state index is 15.3. The first-order valence-electron chi connectivity index (χ1n) is 13.6. The molecule has 2 aliphatic heterocycles. The number of carbonyl (C=O) groups excluding carboxylic acids is 1. The molecule has 5 rings (SSSR count). The number of halogens is 1. The molecule has 2 aromatic rings. The van der Waals surface area contributed by atoms with Crippen LogP contribution in [0.2, 0.25) is 0 Å². The highest BCUT2D eigenvalue weighted by Gasteiger charge is 2.37. The largest absolute Gasteiger partial charge is 0.490 e. The highest BCUT2D eigenvalue weighted by molar-refractivity contribution is 5.87. The summed E-state index contributed by atoms with van der Waals surface area (Å²) >= 11 is 0. The van der Waals surface area contributed by atoms with Crippen molar-refractivity contribution < 1.29 is 23.8 Å². The molecule has 2 heterocycles. The zero-order valence-corrected chi connectivity index (χ0v) is 22.7. The Bertz CT molecular complexity index is 1290. The van der Waals surface area contributed by atoms with Crippen molar-refractivity contribution in [1.29, 1.82) is 0 Å². The Morgan fingerprint density at radius 3 is 2.49 bits per heavy atom. The van der Waals surface area contributed by atoms with Crippen LogP contribution < -0.4 is 4.74 Å². The van der Waals surface area contributed by atoms with Gasteiger partial charge in [-0.3, -0.25) is 9.59 Å². The van der Waals surface area contributed by atoms with Crippen molar-refractivity contribution in [2.75, 3.05) is 6.61 Å². The van der Waals surface area contributed by atoms with Gasteiger partial charge >= 0.3 is 5.97 Å². The lowest BCUT2D eigenvalue weighted by Gasteiger charge is -2.43. The van der Waals surface area contributed by atoms with Gasteiger partial charge in [0, 0.05) is 18.2 Å². The molecule has 0 radical (unpaired) electrons. The Labute approximate surface area is 219 Å². The second-order valence-electron chi connectivity index (χ2n) is 12.0. The number of hydrogen-bond donors (Lipinski definition) is 1. The van der Waals surface area contributed by atoms with E-state index in [0.717, 1.165) is 83.0 Å². The van der Waals surface area contributed by atoms with Crippen LogP contribution in [0.4, 0.5) is 4.39 Å². The summed E-state index contributed by atoms with van der Waals surface area (Å²) in [6, 6.07) is 1.75. The first-order valence-corrected chi connectivity index (χ1v) is 13.6. The van der Waals surface area contributed by atoms with E-state index in [0.29, 0.717) is 36.3 Å². The van der Waals surface area contributed by atoms with E-state index in [2.05, 4.69) is 18.7 Å². The zero-order valence-electron chi connectivity index (χ0n) is 22.7. The highest BCUT2D eigenvalue weighted by atomic mass is 19.1. The van der Waals surface area contributed by atoms with E-state index >= 15 is 4.39 Å². The molecule has 0 saturated heterocycles. The van der Waals surface area contributed by atoms with Crippen LogP contribution in [0.3, 0.4) is 0 Å². The number of rotatable bonds is 4. The molecule has 2 aromatic carbocycles. The smallest absolute Gasteiger partial charge is 0.307 e. The van der Waals surface area contributed by atoms with E-state index in [9.17, 15) is 14.7 Å². The van der Waals surface area contributed by atoms with Gasteiger partial charge in [-0.05, 0) is 115 Å². The number of fused-ring (bicyclic) bond motifs is 2. The van der Waals surface area contributed by atoms with Crippen LogP contribution in [0.15, 0.2) is 6.07 Å².